The summed E-state index contributed by atoms with van der Waals surface area (Å²) in [5, 5.41) is 6.46. The number of benzene rings is 2. The van der Waals surface area contributed by atoms with Gasteiger partial charge in [0.15, 0.2) is 11.5 Å². The predicted octanol–water partition coefficient (Wildman–Crippen LogP) is 4.31. The fraction of sp³-hybridized carbons (Fsp3) is 0.531. The molecule has 0 saturated carbocycles. The van der Waals surface area contributed by atoms with Crippen LogP contribution < -0.4 is 9.47 Å². The molecule has 0 bridgehead atoms. The number of morpholine rings is 1. The maximum absolute atomic E-state index is 14.0. The molecule has 0 aromatic heterocycles. The van der Waals surface area contributed by atoms with E-state index in [4.69, 9.17) is 19.3 Å². The van der Waals surface area contributed by atoms with Crippen LogP contribution in [0.4, 0.5) is 0 Å². The van der Waals surface area contributed by atoms with E-state index < -0.39 is 0 Å². The monoisotopic (exact) mass is 562 g/mol. The van der Waals surface area contributed by atoms with Gasteiger partial charge in [0, 0.05) is 39.0 Å². The van der Waals surface area contributed by atoms with Gasteiger partial charge in [0.25, 0.3) is 5.91 Å². The molecule has 220 valence electrons. The molecule has 0 radical (unpaired) electrons. The van der Waals surface area contributed by atoms with E-state index in [0.717, 1.165) is 29.9 Å². The summed E-state index contributed by atoms with van der Waals surface area (Å²) in [6, 6.07) is 11.8. The number of nitrogens with zero attached hydrogens (tertiary/aromatic N) is 4. The van der Waals surface area contributed by atoms with Crippen LogP contribution in [0.15, 0.2) is 41.5 Å². The number of fused-ring (bicyclic) bond motifs is 1. The minimum Gasteiger partial charge on any atom is -0.454 e. The first-order valence-corrected chi connectivity index (χ1v) is 14.5. The average Bonchev–Trinajstić information content (AvgIpc) is 3.59. The Morgan fingerprint density at radius 3 is 2.49 bits per heavy atom. The topological polar surface area (TPSA) is 83.9 Å². The average molecular weight is 563 g/mol. The van der Waals surface area contributed by atoms with Crippen LogP contribution in [0.1, 0.15) is 61.9 Å². The van der Waals surface area contributed by atoms with Crippen LogP contribution in [-0.2, 0) is 14.3 Å². The lowest BCUT2D eigenvalue weighted by molar-refractivity contribution is -0.142. The molecule has 1 saturated heterocycles. The largest absolute Gasteiger partial charge is 0.454 e. The van der Waals surface area contributed by atoms with Crippen molar-refractivity contribution >= 4 is 17.5 Å². The number of ether oxygens (including phenoxy) is 3. The molecule has 2 amide bonds. The molecule has 0 unspecified atom stereocenters. The Kier molecular flexibility index (Phi) is 8.66. The van der Waals surface area contributed by atoms with Gasteiger partial charge in [-0.1, -0.05) is 39.0 Å². The number of carbonyl (C=O) groups excluding carboxylic acids is 2. The van der Waals surface area contributed by atoms with Crippen LogP contribution in [0.2, 0.25) is 0 Å². The number of rotatable bonds is 8. The van der Waals surface area contributed by atoms with Gasteiger partial charge in [0.1, 0.15) is 6.54 Å². The Labute approximate surface area is 243 Å². The zero-order valence-corrected chi connectivity index (χ0v) is 24.9. The first-order chi connectivity index (χ1) is 19.6. The van der Waals surface area contributed by atoms with E-state index in [-0.39, 0.29) is 36.6 Å². The number of hydrogen-bond donors (Lipinski definition) is 0. The molecule has 0 N–H and O–H groups in total. The summed E-state index contributed by atoms with van der Waals surface area (Å²) in [6.45, 7) is 14.7. The van der Waals surface area contributed by atoms with Gasteiger partial charge in [-0.25, -0.2) is 5.01 Å². The molecule has 3 heterocycles. The van der Waals surface area contributed by atoms with E-state index in [9.17, 15) is 9.59 Å². The molecule has 2 aromatic rings. The summed E-state index contributed by atoms with van der Waals surface area (Å²) in [6.07, 6.45) is 0.934. The van der Waals surface area contributed by atoms with E-state index in [2.05, 4.69) is 36.9 Å². The van der Waals surface area contributed by atoms with E-state index in [1.54, 1.807) is 9.91 Å². The van der Waals surface area contributed by atoms with Crippen molar-refractivity contribution in [3.05, 3.63) is 58.7 Å². The first kappa shape index (κ1) is 29.1. The number of amides is 2. The van der Waals surface area contributed by atoms with Crippen molar-refractivity contribution in [2.75, 3.05) is 52.7 Å². The lowest BCUT2D eigenvalue weighted by Gasteiger charge is -2.32. The quantitative estimate of drug-likeness (QED) is 0.477. The molecular weight excluding hydrogens is 520 g/mol. The molecule has 0 spiro atoms. The highest BCUT2D eigenvalue weighted by Crippen LogP contribution is 2.39. The van der Waals surface area contributed by atoms with Gasteiger partial charge in [0.2, 0.25) is 12.7 Å². The standard InChI is InChI=1S/C32H42N4O5/c1-22-6-7-24(16-23(22)2)26-18-27(25-8-9-28-29(17-25)41-21-40-28)36(33-26)31(38)20-35(30(37)19-32(3,4)5)11-10-34-12-14-39-15-13-34/h6-9,16-17,27H,10-15,18-21H2,1-5H3/t27-/m0/s1. The van der Waals surface area contributed by atoms with E-state index in [1.165, 1.54) is 11.1 Å². The van der Waals surface area contributed by atoms with Crippen molar-refractivity contribution in [2.24, 2.45) is 10.5 Å². The van der Waals surface area contributed by atoms with E-state index in [0.29, 0.717) is 50.6 Å². The second-order valence-corrected chi connectivity index (χ2v) is 12.4. The molecule has 1 fully saturated rings. The van der Waals surface area contributed by atoms with Crippen LogP contribution in [0.3, 0.4) is 0 Å². The maximum atomic E-state index is 14.0. The van der Waals surface area contributed by atoms with Crippen molar-refractivity contribution in [1.29, 1.82) is 0 Å². The Balaban J connectivity index is 1.41. The van der Waals surface area contributed by atoms with Crippen LogP contribution in [0.5, 0.6) is 11.5 Å². The summed E-state index contributed by atoms with van der Waals surface area (Å²) in [4.78, 5) is 31.5. The van der Waals surface area contributed by atoms with Crippen LogP contribution in [-0.4, -0.2) is 85.1 Å². The highest BCUT2D eigenvalue weighted by molar-refractivity contribution is 6.03. The van der Waals surface area contributed by atoms with Crippen molar-refractivity contribution in [2.45, 2.75) is 53.5 Å². The Hall–Kier alpha value is -3.43. The lowest BCUT2D eigenvalue weighted by Crippen LogP contribution is -2.47. The van der Waals surface area contributed by atoms with Gasteiger partial charge >= 0.3 is 0 Å². The Bertz CT molecular complexity index is 1310. The zero-order valence-electron chi connectivity index (χ0n) is 24.9. The number of aryl methyl sites for hydroxylation is 2. The molecule has 0 aliphatic carbocycles. The minimum absolute atomic E-state index is 0.0173. The third-order valence-corrected chi connectivity index (χ3v) is 7.94. The van der Waals surface area contributed by atoms with Gasteiger partial charge in [-0.15, -0.1) is 0 Å². The molecular formula is C32H42N4O5. The molecule has 9 nitrogen and oxygen atoms in total. The van der Waals surface area contributed by atoms with Crippen molar-refractivity contribution < 1.29 is 23.8 Å². The Morgan fingerprint density at radius 2 is 1.76 bits per heavy atom. The number of hydrogen-bond acceptors (Lipinski definition) is 7. The normalized spacial score (nSPS) is 18.9. The molecule has 41 heavy (non-hydrogen) atoms. The Morgan fingerprint density at radius 1 is 1.00 bits per heavy atom. The zero-order chi connectivity index (χ0) is 29.1. The number of hydrazone groups is 1. The third kappa shape index (κ3) is 7.08. The smallest absolute Gasteiger partial charge is 0.262 e. The van der Waals surface area contributed by atoms with Crippen LogP contribution >= 0.6 is 0 Å². The number of carbonyl (C=O) groups is 2. The second kappa shape index (κ2) is 12.2. The highest BCUT2D eigenvalue weighted by atomic mass is 16.7. The minimum atomic E-state index is -0.313. The van der Waals surface area contributed by atoms with Crippen LogP contribution in [0.25, 0.3) is 0 Å². The van der Waals surface area contributed by atoms with Crippen molar-refractivity contribution in [3.63, 3.8) is 0 Å². The summed E-state index contributed by atoms with van der Waals surface area (Å²) in [5.41, 5.74) is 4.98. The fourth-order valence-electron chi connectivity index (χ4n) is 5.40. The lowest BCUT2D eigenvalue weighted by atomic mass is 9.91. The van der Waals surface area contributed by atoms with Gasteiger partial charge < -0.3 is 19.1 Å². The first-order valence-electron chi connectivity index (χ1n) is 14.5. The molecule has 3 aliphatic rings. The fourth-order valence-corrected chi connectivity index (χ4v) is 5.40. The summed E-state index contributed by atoms with van der Waals surface area (Å²) < 4.78 is 16.6. The third-order valence-electron chi connectivity index (χ3n) is 7.94. The van der Waals surface area contributed by atoms with Crippen molar-refractivity contribution in [3.8, 4) is 11.5 Å². The van der Waals surface area contributed by atoms with Crippen molar-refractivity contribution in [1.82, 2.24) is 14.8 Å². The SMILES string of the molecule is Cc1ccc(C2=NN(C(=O)CN(CCN3CCOCC3)C(=O)CC(C)(C)C)[C@H](c3ccc4c(c3)OCO4)C2)cc1C. The molecule has 2 aromatic carbocycles. The van der Waals surface area contributed by atoms with E-state index >= 15 is 0 Å². The van der Waals surface area contributed by atoms with Crippen LogP contribution in [0, 0.1) is 19.3 Å². The molecule has 3 aliphatic heterocycles. The van der Waals surface area contributed by atoms with Gasteiger partial charge in [-0.3, -0.25) is 14.5 Å². The van der Waals surface area contributed by atoms with Gasteiger partial charge in [-0.05, 0) is 59.7 Å². The summed E-state index contributed by atoms with van der Waals surface area (Å²) >= 11 is 0. The predicted molar refractivity (Wildman–Crippen MR) is 157 cm³/mol. The maximum Gasteiger partial charge on any atom is 0.262 e. The van der Waals surface area contributed by atoms with Gasteiger partial charge in [0.05, 0.1) is 25.0 Å². The van der Waals surface area contributed by atoms with Gasteiger partial charge in [-0.2, -0.15) is 5.10 Å². The summed E-state index contributed by atoms with van der Waals surface area (Å²) in [5.74, 6) is 1.15. The van der Waals surface area contributed by atoms with E-state index in [1.807, 2.05) is 39.0 Å². The molecule has 1 atom stereocenters. The molecule has 5 rings (SSSR count). The summed E-state index contributed by atoms with van der Waals surface area (Å²) in [7, 11) is 0. The molecule has 9 heteroatoms. The second-order valence-electron chi connectivity index (χ2n) is 12.4. The highest BCUT2D eigenvalue weighted by Gasteiger charge is 2.36.